The Bertz CT molecular complexity index is 1020. The molecule has 0 fully saturated rings. The molecule has 6 heteroatoms. The summed E-state index contributed by atoms with van der Waals surface area (Å²) in [6.45, 7) is 0. The van der Waals surface area contributed by atoms with E-state index >= 15 is 0 Å². The van der Waals surface area contributed by atoms with Gasteiger partial charge in [0.15, 0.2) is 0 Å². The Morgan fingerprint density at radius 3 is 3.00 bits per heavy atom. The first-order chi connectivity index (χ1) is 12.6. The van der Waals surface area contributed by atoms with Crippen LogP contribution in [0.2, 0.25) is 0 Å². The maximum absolute atomic E-state index is 12.5. The molecule has 1 aliphatic heterocycles. The summed E-state index contributed by atoms with van der Waals surface area (Å²) in [6.07, 6.45) is 7.54. The zero-order valence-corrected chi connectivity index (χ0v) is 14.4. The van der Waals surface area contributed by atoms with Crippen molar-refractivity contribution in [3.05, 3.63) is 72.2 Å². The number of rotatable bonds is 3. The van der Waals surface area contributed by atoms with Crippen molar-refractivity contribution in [2.45, 2.75) is 6.42 Å². The van der Waals surface area contributed by atoms with E-state index in [2.05, 4.69) is 10.3 Å². The number of aromatic nitrogens is 1. The van der Waals surface area contributed by atoms with Crippen LogP contribution >= 0.6 is 0 Å². The molecule has 4 rings (SSSR count). The van der Waals surface area contributed by atoms with Crippen molar-refractivity contribution < 1.29 is 9.82 Å². The van der Waals surface area contributed by atoms with E-state index in [9.17, 15) is 9.82 Å². The van der Waals surface area contributed by atoms with Crippen LogP contribution < -0.4 is 10.8 Å². The first kappa shape index (κ1) is 16.4. The number of anilines is 1. The van der Waals surface area contributed by atoms with Crippen LogP contribution in [-0.2, 0) is 11.2 Å². The van der Waals surface area contributed by atoms with Crippen LogP contribution in [0.25, 0.3) is 16.8 Å². The van der Waals surface area contributed by atoms with Gasteiger partial charge in [0.1, 0.15) is 0 Å². The smallest absolute Gasteiger partial charge is 0.429 e. The number of benzene rings is 2. The Balaban J connectivity index is 1.55. The van der Waals surface area contributed by atoms with Crippen LogP contribution in [0.15, 0.2) is 61.1 Å². The number of hydrogen-bond donors (Lipinski definition) is 2. The summed E-state index contributed by atoms with van der Waals surface area (Å²) < 4.78 is 0. The van der Waals surface area contributed by atoms with Gasteiger partial charge in [-0.3, -0.25) is 9.78 Å². The fourth-order valence-electron chi connectivity index (χ4n) is 3.25. The van der Waals surface area contributed by atoms with E-state index in [-0.39, 0.29) is 12.3 Å². The van der Waals surface area contributed by atoms with Crippen LogP contribution in [-0.4, -0.2) is 34.8 Å². The molecule has 1 aliphatic rings. The lowest BCUT2D eigenvalue weighted by molar-refractivity contribution is -0.115. The van der Waals surface area contributed by atoms with Crippen LogP contribution in [0.5, 0.6) is 0 Å². The molecule has 0 saturated heterocycles. The quantitative estimate of drug-likeness (QED) is 0.714. The third kappa shape index (κ3) is 3.07. The van der Waals surface area contributed by atoms with Crippen molar-refractivity contribution in [2.24, 2.45) is 0 Å². The number of nitrogens with one attached hydrogen (secondary N) is 1. The summed E-state index contributed by atoms with van der Waals surface area (Å²) in [5.74, 6) is -0.0892. The number of nitrogens with zero attached hydrogens (tertiary/aromatic N) is 2. The second-order valence-electron chi connectivity index (χ2n) is 6.44. The van der Waals surface area contributed by atoms with Gasteiger partial charge in [0, 0.05) is 23.5 Å². The molecule has 0 bridgehead atoms. The monoisotopic (exact) mass is 343 g/mol. The fraction of sp³-hybridized carbons (Fsp3) is 0.100. The summed E-state index contributed by atoms with van der Waals surface area (Å²) >= 11 is 0. The maximum Gasteiger partial charge on any atom is 0.449 e. The van der Waals surface area contributed by atoms with Crippen molar-refractivity contribution in [3.8, 4) is 0 Å². The van der Waals surface area contributed by atoms with Gasteiger partial charge in [0.2, 0.25) is 5.91 Å². The van der Waals surface area contributed by atoms with Gasteiger partial charge in [-0.1, -0.05) is 24.3 Å². The molecule has 3 aromatic rings. The van der Waals surface area contributed by atoms with E-state index in [1.807, 2.05) is 61.8 Å². The van der Waals surface area contributed by atoms with Gasteiger partial charge in [-0.2, -0.15) is 0 Å². The lowest BCUT2D eigenvalue weighted by atomic mass is 9.67. The third-order valence-electron chi connectivity index (χ3n) is 4.65. The lowest BCUT2D eigenvalue weighted by Gasteiger charge is -2.25. The highest BCUT2D eigenvalue weighted by Gasteiger charge is 2.26. The average Bonchev–Trinajstić information content (AvgIpc) is 2.65. The molecule has 0 radical (unpaired) electrons. The lowest BCUT2D eigenvalue weighted by Crippen LogP contribution is -2.47. The van der Waals surface area contributed by atoms with Crippen LogP contribution in [0.3, 0.4) is 0 Å². The Kier molecular flexibility index (Phi) is 4.18. The van der Waals surface area contributed by atoms with Crippen molar-refractivity contribution in [1.82, 2.24) is 9.79 Å². The van der Waals surface area contributed by atoms with E-state index < -0.39 is 7.05 Å². The molecule has 0 saturated carbocycles. The predicted octanol–water partition coefficient (Wildman–Crippen LogP) is 2.02. The molecule has 2 aromatic carbocycles. The highest BCUT2D eigenvalue weighted by Crippen LogP contribution is 2.19. The Labute approximate surface area is 152 Å². The van der Waals surface area contributed by atoms with Crippen LogP contribution in [0, 0.1) is 0 Å². The van der Waals surface area contributed by atoms with Crippen LogP contribution in [0.1, 0.15) is 11.1 Å². The van der Waals surface area contributed by atoms with E-state index in [0.29, 0.717) is 0 Å². The molecule has 0 atom stereocenters. The van der Waals surface area contributed by atoms with Gasteiger partial charge >= 0.3 is 7.05 Å². The number of pyridine rings is 1. The van der Waals surface area contributed by atoms with Gasteiger partial charge in [0.25, 0.3) is 0 Å². The van der Waals surface area contributed by atoms with Crippen molar-refractivity contribution in [2.75, 3.05) is 12.4 Å². The maximum atomic E-state index is 12.5. The molecule has 2 N–H and O–H groups in total. The topological polar surface area (TPSA) is 65.5 Å². The summed E-state index contributed by atoms with van der Waals surface area (Å²) in [6, 6.07) is 13.4. The second-order valence-corrected chi connectivity index (χ2v) is 6.44. The first-order valence-electron chi connectivity index (χ1n) is 8.45. The molecule has 5 nitrogen and oxygen atoms in total. The van der Waals surface area contributed by atoms with Crippen LogP contribution in [0.4, 0.5) is 5.69 Å². The summed E-state index contributed by atoms with van der Waals surface area (Å²) in [5, 5.41) is 15.3. The molecule has 26 heavy (non-hydrogen) atoms. The van der Waals surface area contributed by atoms with Gasteiger partial charge in [0.05, 0.1) is 6.42 Å². The molecule has 0 unspecified atom stereocenters. The summed E-state index contributed by atoms with van der Waals surface area (Å²) in [5.41, 5.74) is 3.39. The molecule has 2 heterocycles. The molecule has 0 spiro atoms. The number of amides is 1. The zero-order valence-electron chi connectivity index (χ0n) is 14.4. The Hall–Kier alpha value is -3.12. The highest BCUT2D eigenvalue weighted by molar-refractivity contribution is 6.65. The van der Waals surface area contributed by atoms with Crippen molar-refractivity contribution in [3.63, 3.8) is 0 Å². The summed E-state index contributed by atoms with van der Waals surface area (Å²) in [7, 11) is 1.13. The largest absolute Gasteiger partial charge is 0.449 e. The fourth-order valence-corrected chi connectivity index (χ4v) is 3.25. The minimum absolute atomic E-state index is 0.0892. The van der Waals surface area contributed by atoms with Crippen molar-refractivity contribution >= 4 is 41.0 Å². The Morgan fingerprint density at radius 2 is 2.12 bits per heavy atom. The van der Waals surface area contributed by atoms with E-state index in [0.717, 1.165) is 33.0 Å². The molecular formula is C20H18BN3O2. The normalized spacial score (nSPS) is 13.0. The van der Waals surface area contributed by atoms with E-state index in [1.54, 1.807) is 17.2 Å². The molecule has 1 aromatic heterocycles. The molecular weight excluding hydrogens is 325 g/mol. The van der Waals surface area contributed by atoms with Gasteiger partial charge < -0.3 is 15.2 Å². The molecule has 1 amide bonds. The SMILES string of the molecule is CN1C=Cc2c(CC(=O)Nc3ccc4cnccc4c3)cccc2B1O. The number of carbonyl (C=O) groups excluding carboxylic acids is 1. The Morgan fingerprint density at radius 1 is 1.23 bits per heavy atom. The van der Waals surface area contributed by atoms with Gasteiger partial charge in [-0.05, 0) is 59.5 Å². The third-order valence-corrected chi connectivity index (χ3v) is 4.65. The van der Waals surface area contributed by atoms with E-state index in [4.69, 9.17) is 0 Å². The molecule has 0 aliphatic carbocycles. The minimum atomic E-state index is -0.688. The standard InChI is InChI=1S/C20H18BN3O2/c1-24-10-8-18-15(3-2-4-19(18)21(24)26)12-20(25)23-17-6-5-16-13-22-9-7-14(16)11-17/h2-11,13,26H,12H2,1H3,(H,23,25). The minimum Gasteiger partial charge on any atom is -0.429 e. The molecule has 128 valence electrons. The highest BCUT2D eigenvalue weighted by atomic mass is 16.2. The van der Waals surface area contributed by atoms with Gasteiger partial charge in [-0.15, -0.1) is 0 Å². The van der Waals surface area contributed by atoms with Gasteiger partial charge in [-0.25, -0.2) is 0 Å². The summed E-state index contributed by atoms with van der Waals surface area (Å²) in [4.78, 5) is 18.4. The van der Waals surface area contributed by atoms with Crippen molar-refractivity contribution in [1.29, 1.82) is 0 Å². The number of hydrogen-bond acceptors (Lipinski definition) is 4. The zero-order chi connectivity index (χ0) is 18.1. The predicted molar refractivity (Wildman–Crippen MR) is 105 cm³/mol. The number of fused-ring (bicyclic) bond motifs is 2. The first-order valence-corrected chi connectivity index (χ1v) is 8.45. The second kappa shape index (κ2) is 6.65. The van der Waals surface area contributed by atoms with E-state index in [1.165, 1.54) is 0 Å². The average molecular weight is 343 g/mol. The number of carbonyl (C=O) groups is 1.